The first-order valence-electron chi connectivity index (χ1n) is 5.10. The number of rotatable bonds is 5. The number of hydrogen-bond donors (Lipinski definition) is 0. The molecule has 0 aromatic rings. The van der Waals surface area contributed by atoms with Gasteiger partial charge in [-0.05, 0) is 6.42 Å². The molecule has 1 aliphatic carbocycles. The monoisotopic (exact) mass is 205 g/mol. The highest BCUT2D eigenvalue weighted by Gasteiger charge is 2.57. The Kier molecular flexibility index (Phi) is 3.45. The second-order valence-corrected chi connectivity index (χ2v) is 3.98. The van der Waals surface area contributed by atoms with Crippen LogP contribution >= 0.6 is 0 Å². The molecule has 0 aromatic heterocycles. The zero-order valence-corrected chi connectivity index (χ0v) is 8.72. The molecule has 1 aliphatic rings. The van der Waals surface area contributed by atoms with Crippen molar-refractivity contribution in [2.75, 3.05) is 13.1 Å². The van der Waals surface area contributed by atoms with Crippen molar-refractivity contribution in [2.24, 2.45) is 5.92 Å². The lowest BCUT2D eigenvalue weighted by molar-refractivity contribution is -0.129. The van der Waals surface area contributed by atoms with Gasteiger partial charge in [-0.15, -0.1) is 0 Å². The molecule has 1 rings (SSSR count). The lowest BCUT2D eigenvalue weighted by Gasteiger charge is -2.20. The Morgan fingerprint density at radius 1 is 1.57 bits per heavy atom. The van der Waals surface area contributed by atoms with E-state index in [1.54, 1.807) is 0 Å². The molecule has 82 valence electrons. The van der Waals surface area contributed by atoms with E-state index in [4.69, 9.17) is 0 Å². The van der Waals surface area contributed by atoms with Crippen LogP contribution in [0.4, 0.5) is 8.78 Å². The van der Waals surface area contributed by atoms with E-state index in [0.29, 0.717) is 6.54 Å². The molecule has 14 heavy (non-hydrogen) atoms. The van der Waals surface area contributed by atoms with E-state index >= 15 is 0 Å². The second-order valence-electron chi connectivity index (χ2n) is 3.98. The smallest absolute Gasteiger partial charge is 0.253 e. The third-order valence-corrected chi connectivity index (χ3v) is 2.62. The van der Waals surface area contributed by atoms with Crippen molar-refractivity contribution >= 4 is 5.91 Å². The number of hydrogen-bond acceptors (Lipinski definition) is 1. The molecule has 4 heteroatoms. The van der Waals surface area contributed by atoms with Crippen LogP contribution in [0.2, 0.25) is 0 Å². The van der Waals surface area contributed by atoms with Crippen molar-refractivity contribution in [3.05, 3.63) is 0 Å². The van der Waals surface area contributed by atoms with Gasteiger partial charge >= 0.3 is 0 Å². The molecule has 1 atom stereocenters. The average Bonchev–Trinajstić information content (AvgIpc) is 2.67. The standard InChI is InChI=1S/C10H17F2NO/c1-3-4-5-13(8(2)14)7-9-6-10(9,11)12/h9H,3-7H2,1-2H3. The Labute approximate surface area is 83.3 Å². The number of nitrogens with zero attached hydrogens (tertiary/aromatic N) is 1. The molecule has 1 unspecified atom stereocenters. The minimum absolute atomic E-state index is 0.0527. The summed E-state index contributed by atoms with van der Waals surface area (Å²) < 4.78 is 25.2. The molecular weight excluding hydrogens is 188 g/mol. The highest BCUT2D eigenvalue weighted by atomic mass is 19.3. The van der Waals surface area contributed by atoms with Gasteiger partial charge < -0.3 is 4.90 Å². The SMILES string of the molecule is CCCCN(CC1CC1(F)F)C(C)=O. The lowest BCUT2D eigenvalue weighted by Crippen LogP contribution is -2.32. The molecule has 0 aromatic carbocycles. The number of carbonyl (C=O) groups is 1. The summed E-state index contributed by atoms with van der Waals surface area (Å²) >= 11 is 0. The predicted octanol–water partition coefficient (Wildman–Crippen LogP) is 2.29. The number of unbranched alkanes of at least 4 members (excludes halogenated alkanes) is 1. The van der Waals surface area contributed by atoms with Gasteiger partial charge in [0.05, 0.1) is 0 Å². The van der Waals surface area contributed by atoms with Gasteiger partial charge in [0.15, 0.2) is 0 Å². The van der Waals surface area contributed by atoms with Crippen LogP contribution in [-0.2, 0) is 4.79 Å². The van der Waals surface area contributed by atoms with E-state index in [0.717, 1.165) is 12.8 Å². The van der Waals surface area contributed by atoms with Crippen LogP contribution in [0.15, 0.2) is 0 Å². The zero-order chi connectivity index (χ0) is 10.8. The molecule has 0 bridgehead atoms. The molecule has 0 spiro atoms. The van der Waals surface area contributed by atoms with E-state index in [1.807, 2.05) is 6.92 Å². The fourth-order valence-electron chi connectivity index (χ4n) is 1.46. The van der Waals surface area contributed by atoms with Crippen LogP contribution in [0.1, 0.15) is 33.1 Å². The summed E-state index contributed by atoms with van der Waals surface area (Å²) in [6.45, 7) is 4.29. The molecule has 0 radical (unpaired) electrons. The van der Waals surface area contributed by atoms with Gasteiger partial charge in [0.2, 0.25) is 5.91 Å². The van der Waals surface area contributed by atoms with Gasteiger partial charge in [-0.2, -0.15) is 0 Å². The summed E-state index contributed by atoms with van der Waals surface area (Å²) in [4.78, 5) is 12.6. The van der Waals surface area contributed by atoms with E-state index in [2.05, 4.69) is 0 Å². The Balaban J connectivity index is 2.33. The molecule has 2 nitrogen and oxygen atoms in total. The van der Waals surface area contributed by atoms with Gasteiger partial charge in [0.1, 0.15) is 0 Å². The molecule has 0 N–H and O–H groups in total. The van der Waals surface area contributed by atoms with Crippen LogP contribution in [0, 0.1) is 5.92 Å². The predicted molar refractivity (Wildman–Crippen MR) is 50.2 cm³/mol. The van der Waals surface area contributed by atoms with Crippen molar-refractivity contribution in [3.8, 4) is 0 Å². The number of alkyl halides is 2. The van der Waals surface area contributed by atoms with Gasteiger partial charge in [-0.3, -0.25) is 4.79 Å². The highest BCUT2D eigenvalue weighted by molar-refractivity contribution is 5.73. The molecule has 0 saturated heterocycles. The van der Waals surface area contributed by atoms with Gasteiger partial charge in [-0.1, -0.05) is 13.3 Å². The first-order chi connectivity index (χ1) is 6.47. The number of halogens is 2. The molecule has 0 heterocycles. The van der Waals surface area contributed by atoms with Crippen LogP contribution in [0.25, 0.3) is 0 Å². The molecular formula is C10H17F2NO. The van der Waals surface area contributed by atoms with Crippen molar-refractivity contribution in [3.63, 3.8) is 0 Å². The molecule has 1 fully saturated rings. The minimum Gasteiger partial charge on any atom is -0.342 e. The van der Waals surface area contributed by atoms with E-state index in [9.17, 15) is 13.6 Å². The maximum absolute atomic E-state index is 12.6. The van der Waals surface area contributed by atoms with Crippen LogP contribution in [0.3, 0.4) is 0 Å². The Bertz CT molecular complexity index is 218. The Morgan fingerprint density at radius 3 is 2.50 bits per heavy atom. The van der Waals surface area contributed by atoms with Crippen molar-refractivity contribution < 1.29 is 13.6 Å². The summed E-state index contributed by atoms with van der Waals surface area (Å²) in [5.41, 5.74) is 0. The highest BCUT2D eigenvalue weighted by Crippen LogP contribution is 2.48. The van der Waals surface area contributed by atoms with Crippen LogP contribution < -0.4 is 0 Å². The molecule has 1 saturated carbocycles. The van der Waals surface area contributed by atoms with E-state index in [1.165, 1.54) is 11.8 Å². The summed E-state index contributed by atoms with van der Waals surface area (Å²) in [6, 6.07) is 0. The van der Waals surface area contributed by atoms with E-state index < -0.39 is 11.8 Å². The maximum Gasteiger partial charge on any atom is 0.253 e. The third kappa shape index (κ3) is 2.93. The Hall–Kier alpha value is -0.670. The summed E-state index contributed by atoms with van der Waals surface area (Å²) in [7, 11) is 0. The fraction of sp³-hybridized carbons (Fsp3) is 0.900. The topological polar surface area (TPSA) is 20.3 Å². The van der Waals surface area contributed by atoms with Gasteiger partial charge in [0, 0.05) is 32.4 Å². The Morgan fingerprint density at radius 2 is 2.14 bits per heavy atom. The van der Waals surface area contributed by atoms with Gasteiger partial charge in [-0.25, -0.2) is 8.78 Å². The van der Waals surface area contributed by atoms with Gasteiger partial charge in [0.25, 0.3) is 5.92 Å². The largest absolute Gasteiger partial charge is 0.342 e. The normalized spacial score (nSPS) is 23.3. The lowest BCUT2D eigenvalue weighted by atomic mass is 10.3. The molecule has 1 amide bonds. The molecule has 0 aliphatic heterocycles. The summed E-state index contributed by atoms with van der Waals surface area (Å²) in [5, 5.41) is 0. The third-order valence-electron chi connectivity index (χ3n) is 2.62. The first kappa shape index (κ1) is 11.4. The number of amides is 1. The van der Waals surface area contributed by atoms with E-state index in [-0.39, 0.29) is 18.9 Å². The van der Waals surface area contributed by atoms with Crippen molar-refractivity contribution in [1.29, 1.82) is 0 Å². The van der Waals surface area contributed by atoms with Crippen LogP contribution in [0.5, 0.6) is 0 Å². The van der Waals surface area contributed by atoms with Crippen molar-refractivity contribution in [2.45, 2.75) is 39.0 Å². The quantitative estimate of drug-likeness (QED) is 0.674. The minimum atomic E-state index is -2.51. The maximum atomic E-state index is 12.6. The average molecular weight is 205 g/mol. The summed E-state index contributed by atoms with van der Waals surface area (Å²) in [5.74, 6) is -3.20. The second kappa shape index (κ2) is 4.24. The van der Waals surface area contributed by atoms with Crippen molar-refractivity contribution in [1.82, 2.24) is 4.90 Å². The number of carbonyl (C=O) groups excluding carboxylic acids is 1. The zero-order valence-electron chi connectivity index (χ0n) is 8.72. The summed E-state index contributed by atoms with van der Waals surface area (Å²) in [6.07, 6.45) is 1.81. The van der Waals surface area contributed by atoms with Crippen LogP contribution in [-0.4, -0.2) is 29.8 Å². The first-order valence-corrected chi connectivity index (χ1v) is 5.10. The fourth-order valence-corrected chi connectivity index (χ4v) is 1.46.